The summed E-state index contributed by atoms with van der Waals surface area (Å²) in [5.41, 5.74) is 0.936. The molecule has 1 aromatic rings. The van der Waals surface area contributed by atoms with E-state index in [1.165, 1.54) is 6.42 Å². The summed E-state index contributed by atoms with van der Waals surface area (Å²) >= 11 is 5.92. The van der Waals surface area contributed by atoms with Gasteiger partial charge in [0.2, 0.25) is 0 Å². The normalized spacial score (nSPS) is 18.9. The molecule has 1 aliphatic carbocycles. The van der Waals surface area contributed by atoms with Gasteiger partial charge in [-0.3, -0.25) is 4.79 Å². The van der Waals surface area contributed by atoms with Gasteiger partial charge in [-0.15, -0.1) is 0 Å². The van der Waals surface area contributed by atoms with Gasteiger partial charge >= 0.3 is 0 Å². The second-order valence-electron chi connectivity index (χ2n) is 4.93. The lowest BCUT2D eigenvalue weighted by atomic mass is 9.66. The van der Waals surface area contributed by atoms with E-state index >= 15 is 0 Å². The maximum absolute atomic E-state index is 12.3. The second kappa shape index (κ2) is 5.22. The fourth-order valence-corrected chi connectivity index (χ4v) is 3.12. The molecule has 0 aliphatic heterocycles. The van der Waals surface area contributed by atoms with E-state index in [1.54, 1.807) is 0 Å². The molecular weight excluding hydrogens is 232 g/mol. The average molecular weight is 251 g/mol. The molecular formula is C15H19ClO. The highest BCUT2D eigenvalue weighted by molar-refractivity contribution is 6.30. The van der Waals surface area contributed by atoms with E-state index in [0.717, 1.165) is 36.3 Å². The Morgan fingerprint density at radius 2 is 1.76 bits per heavy atom. The molecule has 1 fully saturated rings. The molecule has 1 aromatic carbocycles. The lowest BCUT2D eigenvalue weighted by Gasteiger charge is -2.36. The van der Waals surface area contributed by atoms with Crippen molar-refractivity contribution in [1.82, 2.24) is 0 Å². The third-order valence-electron chi connectivity index (χ3n) is 3.96. The largest absolute Gasteiger partial charge is 0.299 e. The zero-order chi connectivity index (χ0) is 12.3. The summed E-state index contributed by atoms with van der Waals surface area (Å²) in [5, 5.41) is 0.739. The minimum Gasteiger partial charge on any atom is -0.299 e. The maximum Gasteiger partial charge on any atom is 0.143 e. The van der Waals surface area contributed by atoms with Crippen LogP contribution in [0.5, 0.6) is 0 Å². The van der Waals surface area contributed by atoms with Gasteiger partial charge in [0.05, 0.1) is 5.41 Å². The molecule has 0 saturated heterocycles. The highest BCUT2D eigenvalue weighted by atomic mass is 35.5. The molecule has 0 aromatic heterocycles. The zero-order valence-corrected chi connectivity index (χ0v) is 11.1. The lowest BCUT2D eigenvalue weighted by molar-refractivity contribution is -0.125. The first kappa shape index (κ1) is 12.6. The van der Waals surface area contributed by atoms with Gasteiger partial charge < -0.3 is 0 Å². The predicted octanol–water partition coefficient (Wildman–Crippen LogP) is 4.52. The minimum absolute atomic E-state index is 0.225. The molecule has 0 N–H and O–H groups in total. The van der Waals surface area contributed by atoms with Crippen LogP contribution in [0.4, 0.5) is 0 Å². The van der Waals surface area contributed by atoms with Crippen LogP contribution in [-0.4, -0.2) is 5.78 Å². The van der Waals surface area contributed by atoms with Crippen molar-refractivity contribution in [3.8, 4) is 0 Å². The van der Waals surface area contributed by atoms with Gasteiger partial charge in [0.25, 0.3) is 0 Å². The third kappa shape index (κ3) is 2.40. The van der Waals surface area contributed by atoms with Crippen LogP contribution in [0.25, 0.3) is 0 Å². The molecule has 0 amide bonds. The molecule has 1 aliphatic rings. The molecule has 0 unspecified atom stereocenters. The number of benzene rings is 1. The zero-order valence-electron chi connectivity index (χ0n) is 10.3. The molecule has 1 saturated carbocycles. The summed E-state index contributed by atoms with van der Waals surface area (Å²) in [6, 6.07) is 7.86. The predicted molar refractivity (Wildman–Crippen MR) is 71.5 cm³/mol. The molecule has 2 heteroatoms. The summed E-state index contributed by atoms with van der Waals surface area (Å²) in [5.74, 6) is 0.388. The van der Waals surface area contributed by atoms with E-state index < -0.39 is 0 Å². The van der Waals surface area contributed by atoms with Crippen LogP contribution in [0.1, 0.15) is 51.0 Å². The Labute approximate surface area is 108 Å². The van der Waals surface area contributed by atoms with Crippen molar-refractivity contribution >= 4 is 17.4 Å². The van der Waals surface area contributed by atoms with Crippen LogP contribution in [0, 0.1) is 0 Å². The smallest absolute Gasteiger partial charge is 0.143 e. The molecule has 0 atom stereocenters. The SMILES string of the molecule is CCC(=O)C1(c2ccc(Cl)cc2)CCCCC1. The second-order valence-corrected chi connectivity index (χ2v) is 5.36. The highest BCUT2D eigenvalue weighted by Crippen LogP contribution is 2.41. The monoisotopic (exact) mass is 250 g/mol. The van der Waals surface area contributed by atoms with E-state index in [2.05, 4.69) is 0 Å². The summed E-state index contributed by atoms with van der Waals surface area (Å²) in [6.07, 6.45) is 6.21. The number of halogens is 1. The summed E-state index contributed by atoms with van der Waals surface area (Å²) in [7, 11) is 0. The molecule has 2 rings (SSSR count). The van der Waals surface area contributed by atoms with Crippen molar-refractivity contribution in [1.29, 1.82) is 0 Å². The van der Waals surface area contributed by atoms with Gasteiger partial charge in [0, 0.05) is 11.4 Å². The van der Waals surface area contributed by atoms with E-state index in [9.17, 15) is 4.79 Å². The lowest BCUT2D eigenvalue weighted by Crippen LogP contribution is -2.37. The van der Waals surface area contributed by atoms with Crippen molar-refractivity contribution in [2.75, 3.05) is 0 Å². The van der Waals surface area contributed by atoms with E-state index in [1.807, 2.05) is 31.2 Å². The molecule has 17 heavy (non-hydrogen) atoms. The Kier molecular flexibility index (Phi) is 3.88. The number of ketones is 1. The standard InChI is InChI=1S/C15H19ClO/c1-2-14(17)15(10-4-3-5-11-15)12-6-8-13(16)9-7-12/h6-9H,2-5,10-11H2,1H3. The molecule has 1 nitrogen and oxygen atoms in total. The Morgan fingerprint density at radius 1 is 1.18 bits per heavy atom. The molecule has 0 spiro atoms. The quantitative estimate of drug-likeness (QED) is 0.771. The van der Waals surface area contributed by atoms with E-state index in [-0.39, 0.29) is 5.41 Å². The number of hydrogen-bond donors (Lipinski definition) is 0. The van der Waals surface area contributed by atoms with Crippen LogP contribution in [0.15, 0.2) is 24.3 Å². The summed E-state index contributed by atoms with van der Waals surface area (Å²) in [4.78, 5) is 12.3. The number of rotatable bonds is 3. The van der Waals surface area contributed by atoms with Gasteiger partial charge in [-0.2, -0.15) is 0 Å². The topological polar surface area (TPSA) is 17.1 Å². The van der Waals surface area contributed by atoms with Crippen molar-refractivity contribution in [2.45, 2.75) is 50.9 Å². The molecule has 0 radical (unpaired) electrons. The summed E-state index contributed by atoms with van der Waals surface area (Å²) in [6.45, 7) is 1.97. The Bertz CT molecular complexity index is 388. The Hall–Kier alpha value is -0.820. The van der Waals surface area contributed by atoms with Crippen LogP contribution >= 0.6 is 11.6 Å². The third-order valence-corrected chi connectivity index (χ3v) is 4.21. The number of hydrogen-bond acceptors (Lipinski definition) is 1. The number of carbonyl (C=O) groups is 1. The number of carbonyl (C=O) groups excluding carboxylic acids is 1. The van der Waals surface area contributed by atoms with Gasteiger partial charge in [-0.25, -0.2) is 0 Å². The molecule has 0 bridgehead atoms. The first-order valence-corrected chi connectivity index (χ1v) is 6.86. The maximum atomic E-state index is 12.3. The van der Waals surface area contributed by atoms with E-state index in [4.69, 9.17) is 11.6 Å². The fourth-order valence-electron chi connectivity index (χ4n) is 2.99. The fraction of sp³-hybridized carbons (Fsp3) is 0.533. The van der Waals surface area contributed by atoms with Crippen molar-refractivity contribution in [3.05, 3.63) is 34.9 Å². The van der Waals surface area contributed by atoms with Crippen molar-refractivity contribution in [3.63, 3.8) is 0 Å². The summed E-state index contributed by atoms with van der Waals surface area (Å²) < 4.78 is 0. The first-order valence-electron chi connectivity index (χ1n) is 6.48. The van der Waals surface area contributed by atoms with Gasteiger partial charge in [-0.1, -0.05) is 49.9 Å². The van der Waals surface area contributed by atoms with Gasteiger partial charge in [0.1, 0.15) is 5.78 Å². The van der Waals surface area contributed by atoms with E-state index in [0.29, 0.717) is 12.2 Å². The highest BCUT2D eigenvalue weighted by Gasteiger charge is 2.39. The van der Waals surface area contributed by atoms with Crippen LogP contribution in [0.2, 0.25) is 5.02 Å². The van der Waals surface area contributed by atoms with Gasteiger partial charge in [-0.05, 0) is 30.5 Å². The minimum atomic E-state index is -0.225. The molecule has 0 heterocycles. The Morgan fingerprint density at radius 3 is 2.29 bits per heavy atom. The van der Waals surface area contributed by atoms with Crippen molar-refractivity contribution in [2.24, 2.45) is 0 Å². The van der Waals surface area contributed by atoms with Crippen LogP contribution in [-0.2, 0) is 10.2 Å². The number of Topliss-reactive ketones (excluding diaryl/α,β-unsaturated/α-hetero) is 1. The van der Waals surface area contributed by atoms with Gasteiger partial charge in [0.15, 0.2) is 0 Å². The van der Waals surface area contributed by atoms with Crippen LogP contribution in [0.3, 0.4) is 0 Å². The Balaban J connectivity index is 2.38. The van der Waals surface area contributed by atoms with Crippen molar-refractivity contribution < 1.29 is 4.79 Å². The molecule has 92 valence electrons. The first-order chi connectivity index (χ1) is 8.19. The average Bonchev–Trinajstić information content (AvgIpc) is 2.39. The van der Waals surface area contributed by atoms with Crippen LogP contribution < -0.4 is 0 Å².